The maximum Gasteiger partial charge on any atom is 0.257 e. The highest BCUT2D eigenvalue weighted by Crippen LogP contribution is 2.28. The molecule has 1 saturated carbocycles. The summed E-state index contributed by atoms with van der Waals surface area (Å²) in [6.07, 6.45) is 9.41. The Kier molecular flexibility index (Phi) is 4.52. The lowest BCUT2D eigenvalue weighted by molar-refractivity contribution is -0.0266. The molecule has 2 aliphatic rings. The fourth-order valence-corrected chi connectivity index (χ4v) is 3.67. The van der Waals surface area contributed by atoms with E-state index in [2.05, 4.69) is 20.3 Å². The zero-order valence-corrected chi connectivity index (χ0v) is 14.5. The molecular weight excluding hydrogens is 320 g/mol. The van der Waals surface area contributed by atoms with E-state index >= 15 is 0 Å². The Balaban J connectivity index is 1.44. The van der Waals surface area contributed by atoms with Crippen LogP contribution in [0.4, 0.5) is 0 Å². The molecule has 0 radical (unpaired) electrons. The van der Waals surface area contributed by atoms with Gasteiger partial charge < -0.3 is 9.64 Å². The number of morpholine rings is 1. The van der Waals surface area contributed by atoms with Crippen LogP contribution in [-0.4, -0.2) is 55.5 Å². The highest BCUT2D eigenvalue weighted by Gasteiger charge is 2.29. The number of H-pyrrole nitrogens is 1. The lowest BCUT2D eigenvalue weighted by Gasteiger charge is -2.31. The average Bonchev–Trinajstić information content (AvgIpc) is 3.31. The molecule has 2 aromatic rings. The Labute approximate surface area is 146 Å². The number of aromatic amines is 1. The van der Waals surface area contributed by atoms with Gasteiger partial charge in [-0.05, 0) is 19.8 Å². The first kappa shape index (κ1) is 16.3. The Morgan fingerprint density at radius 2 is 2.16 bits per heavy atom. The molecule has 0 unspecified atom stereocenters. The Morgan fingerprint density at radius 3 is 2.92 bits per heavy atom. The molecule has 1 amide bonds. The summed E-state index contributed by atoms with van der Waals surface area (Å²) in [5.74, 6) is 1.35. The molecule has 1 N–H and O–H groups in total. The van der Waals surface area contributed by atoms with Crippen molar-refractivity contribution in [3.8, 4) is 0 Å². The molecule has 3 heterocycles. The second-order valence-corrected chi connectivity index (χ2v) is 6.89. The molecule has 4 rings (SSSR count). The quantitative estimate of drug-likeness (QED) is 0.920. The van der Waals surface area contributed by atoms with E-state index < -0.39 is 0 Å². The van der Waals surface area contributed by atoms with Crippen LogP contribution in [0, 0.1) is 6.92 Å². The SMILES string of the molecule is Cc1nc([C@@H]2CN(C(=O)c3cnn(C4CCCCC4)c3)CCO2)n[nH]1. The van der Waals surface area contributed by atoms with E-state index in [1.165, 1.54) is 19.3 Å². The first-order valence-corrected chi connectivity index (χ1v) is 9.04. The fourth-order valence-electron chi connectivity index (χ4n) is 3.67. The predicted molar refractivity (Wildman–Crippen MR) is 90.1 cm³/mol. The number of carbonyl (C=O) groups excluding carboxylic acids is 1. The summed E-state index contributed by atoms with van der Waals surface area (Å²) in [6, 6.07) is 0.434. The smallest absolute Gasteiger partial charge is 0.257 e. The van der Waals surface area contributed by atoms with E-state index in [0.29, 0.717) is 37.1 Å². The number of amides is 1. The van der Waals surface area contributed by atoms with Crippen LogP contribution < -0.4 is 0 Å². The monoisotopic (exact) mass is 344 g/mol. The predicted octanol–water partition coefficient (Wildman–Crippen LogP) is 2.03. The van der Waals surface area contributed by atoms with E-state index in [0.717, 1.165) is 18.7 Å². The Morgan fingerprint density at radius 1 is 1.32 bits per heavy atom. The third-order valence-corrected chi connectivity index (χ3v) is 5.05. The maximum atomic E-state index is 12.8. The minimum Gasteiger partial charge on any atom is -0.366 e. The molecule has 8 heteroatoms. The summed E-state index contributed by atoms with van der Waals surface area (Å²) in [7, 11) is 0. The summed E-state index contributed by atoms with van der Waals surface area (Å²) in [4.78, 5) is 19.0. The first-order chi connectivity index (χ1) is 12.2. The molecule has 8 nitrogen and oxygen atoms in total. The zero-order chi connectivity index (χ0) is 17.2. The average molecular weight is 344 g/mol. The molecular formula is C17H24N6O2. The number of aryl methyl sites for hydroxylation is 1. The van der Waals surface area contributed by atoms with E-state index in [-0.39, 0.29) is 12.0 Å². The van der Waals surface area contributed by atoms with Crippen molar-refractivity contribution in [2.24, 2.45) is 0 Å². The number of aromatic nitrogens is 5. The summed E-state index contributed by atoms with van der Waals surface area (Å²) >= 11 is 0. The highest BCUT2D eigenvalue weighted by molar-refractivity contribution is 5.93. The van der Waals surface area contributed by atoms with Crippen molar-refractivity contribution in [3.63, 3.8) is 0 Å². The molecule has 0 bridgehead atoms. The van der Waals surface area contributed by atoms with E-state index in [4.69, 9.17) is 4.74 Å². The van der Waals surface area contributed by atoms with Gasteiger partial charge in [-0.3, -0.25) is 14.6 Å². The van der Waals surface area contributed by atoms with Gasteiger partial charge in [-0.2, -0.15) is 10.2 Å². The minimum absolute atomic E-state index is 0.00242. The van der Waals surface area contributed by atoms with Gasteiger partial charge in [0, 0.05) is 12.7 Å². The summed E-state index contributed by atoms with van der Waals surface area (Å²) in [5.41, 5.74) is 0.650. The van der Waals surface area contributed by atoms with Crippen LogP contribution in [-0.2, 0) is 4.74 Å². The van der Waals surface area contributed by atoms with Crippen molar-refractivity contribution < 1.29 is 9.53 Å². The molecule has 1 aliphatic heterocycles. The van der Waals surface area contributed by atoms with Crippen molar-refractivity contribution in [1.82, 2.24) is 29.9 Å². The third-order valence-electron chi connectivity index (χ3n) is 5.05. The second-order valence-electron chi connectivity index (χ2n) is 6.89. The number of nitrogens with zero attached hydrogens (tertiary/aromatic N) is 5. The van der Waals surface area contributed by atoms with Crippen molar-refractivity contribution >= 4 is 5.91 Å². The van der Waals surface area contributed by atoms with Crippen LogP contribution in [0.1, 0.15) is 66.3 Å². The lowest BCUT2D eigenvalue weighted by atomic mass is 9.96. The van der Waals surface area contributed by atoms with Crippen LogP contribution in [0.25, 0.3) is 0 Å². The van der Waals surface area contributed by atoms with E-state index in [9.17, 15) is 4.79 Å². The molecule has 1 aliphatic carbocycles. The number of hydrogen-bond donors (Lipinski definition) is 1. The zero-order valence-electron chi connectivity index (χ0n) is 14.5. The van der Waals surface area contributed by atoms with Crippen molar-refractivity contribution in [1.29, 1.82) is 0 Å². The van der Waals surface area contributed by atoms with Gasteiger partial charge in [0.05, 0.1) is 31.0 Å². The van der Waals surface area contributed by atoms with Gasteiger partial charge >= 0.3 is 0 Å². The van der Waals surface area contributed by atoms with Crippen LogP contribution in [0.2, 0.25) is 0 Å². The Bertz CT molecular complexity index is 733. The molecule has 2 aromatic heterocycles. The van der Waals surface area contributed by atoms with Crippen LogP contribution >= 0.6 is 0 Å². The Hall–Kier alpha value is -2.22. The van der Waals surface area contributed by atoms with Crippen LogP contribution in [0.5, 0.6) is 0 Å². The largest absolute Gasteiger partial charge is 0.366 e. The van der Waals surface area contributed by atoms with Gasteiger partial charge in [0.15, 0.2) is 5.82 Å². The van der Waals surface area contributed by atoms with Gasteiger partial charge in [0.1, 0.15) is 11.9 Å². The third kappa shape index (κ3) is 3.44. The minimum atomic E-state index is -0.281. The molecule has 1 saturated heterocycles. The van der Waals surface area contributed by atoms with Crippen LogP contribution in [0.15, 0.2) is 12.4 Å². The van der Waals surface area contributed by atoms with E-state index in [1.807, 2.05) is 22.7 Å². The normalized spacial score (nSPS) is 22.3. The van der Waals surface area contributed by atoms with Crippen molar-refractivity contribution in [3.05, 3.63) is 29.6 Å². The molecule has 2 fully saturated rings. The number of nitrogens with one attached hydrogen (secondary N) is 1. The van der Waals surface area contributed by atoms with Gasteiger partial charge in [0.25, 0.3) is 5.91 Å². The van der Waals surface area contributed by atoms with Gasteiger partial charge in [0.2, 0.25) is 0 Å². The number of carbonyl (C=O) groups is 1. The van der Waals surface area contributed by atoms with Crippen molar-refractivity contribution in [2.75, 3.05) is 19.7 Å². The number of rotatable bonds is 3. The molecule has 0 spiro atoms. The van der Waals surface area contributed by atoms with Gasteiger partial charge in [-0.1, -0.05) is 19.3 Å². The molecule has 0 aromatic carbocycles. The van der Waals surface area contributed by atoms with E-state index in [1.54, 1.807) is 6.20 Å². The lowest BCUT2D eigenvalue weighted by Crippen LogP contribution is -2.42. The molecule has 134 valence electrons. The molecule has 25 heavy (non-hydrogen) atoms. The second kappa shape index (κ2) is 6.95. The summed E-state index contributed by atoms with van der Waals surface area (Å²) in [5, 5.41) is 11.4. The van der Waals surface area contributed by atoms with Gasteiger partial charge in [-0.25, -0.2) is 4.98 Å². The maximum absolute atomic E-state index is 12.8. The first-order valence-electron chi connectivity index (χ1n) is 9.04. The summed E-state index contributed by atoms with van der Waals surface area (Å²) < 4.78 is 7.71. The number of ether oxygens (including phenoxy) is 1. The van der Waals surface area contributed by atoms with Crippen LogP contribution in [0.3, 0.4) is 0 Å². The standard InChI is InChI=1S/C17H24N6O2/c1-12-19-16(21-20-12)15-11-22(7-8-25-15)17(24)13-9-18-23(10-13)14-5-3-2-4-6-14/h9-10,14-15H,2-8,11H2,1H3,(H,19,20,21)/t15-/m0/s1. The topological polar surface area (TPSA) is 88.9 Å². The highest BCUT2D eigenvalue weighted by atomic mass is 16.5. The summed E-state index contributed by atoms with van der Waals surface area (Å²) in [6.45, 7) is 3.38. The molecule has 1 atom stereocenters. The van der Waals surface area contributed by atoms with Crippen molar-refractivity contribution in [2.45, 2.75) is 51.2 Å². The fraction of sp³-hybridized carbons (Fsp3) is 0.647. The van der Waals surface area contributed by atoms with Gasteiger partial charge in [-0.15, -0.1) is 0 Å². The number of hydrogen-bond acceptors (Lipinski definition) is 5.